The summed E-state index contributed by atoms with van der Waals surface area (Å²) in [6.07, 6.45) is -0.410. The molecule has 2 amide bonds. The number of amides is 2. The standard InChI is InChI=1S/C21H21N3O3/c25-20(23-27)16-8-9-17-13-24(11-10-15(17)12-16)21(26)22-19-7-3-5-14-4-1-2-6-18(14)19/h1-9,12,20,23,25,27H,10-11,13H2,(H,22,26). The number of carbonyl (C=O) groups excluding carboxylic acids is 1. The maximum atomic E-state index is 12.8. The molecule has 4 N–H and O–H groups in total. The van der Waals surface area contributed by atoms with E-state index >= 15 is 0 Å². The molecule has 3 aromatic carbocycles. The first-order valence-corrected chi connectivity index (χ1v) is 8.89. The fourth-order valence-corrected chi connectivity index (χ4v) is 3.52. The predicted molar refractivity (Wildman–Crippen MR) is 103 cm³/mol. The van der Waals surface area contributed by atoms with E-state index in [0.717, 1.165) is 27.6 Å². The van der Waals surface area contributed by atoms with Gasteiger partial charge < -0.3 is 20.5 Å². The molecule has 138 valence electrons. The zero-order valence-corrected chi connectivity index (χ0v) is 14.7. The van der Waals surface area contributed by atoms with E-state index in [4.69, 9.17) is 5.21 Å². The van der Waals surface area contributed by atoms with Crippen molar-refractivity contribution in [1.29, 1.82) is 0 Å². The van der Waals surface area contributed by atoms with Crippen LogP contribution in [0.2, 0.25) is 0 Å². The normalized spacial score (nSPS) is 14.7. The van der Waals surface area contributed by atoms with Crippen LogP contribution in [0.5, 0.6) is 0 Å². The Kier molecular flexibility index (Phi) is 4.77. The van der Waals surface area contributed by atoms with Crippen molar-refractivity contribution < 1.29 is 15.1 Å². The van der Waals surface area contributed by atoms with Crippen molar-refractivity contribution in [3.05, 3.63) is 77.4 Å². The van der Waals surface area contributed by atoms with Gasteiger partial charge in [0.25, 0.3) is 0 Å². The largest absolute Gasteiger partial charge is 0.372 e. The summed E-state index contributed by atoms with van der Waals surface area (Å²) in [5.41, 5.74) is 5.37. The number of rotatable bonds is 3. The average Bonchev–Trinajstić information content (AvgIpc) is 2.72. The SMILES string of the molecule is O=C(Nc1cccc2ccccc12)N1CCc2cc(C(O)NO)ccc2C1. The molecule has 0 bridgehead atoms. The van der Waals surface area contributed by atoms with Crippen LogP contribution in [0.4, 0.5) is 10.5 Å². The Bertz CT molecular complexity index is 984. The van der Waals surface area contributed by atoms with Crippen LogP contribution >= 0.6 is 0 Å². The van der Waals surface area contributed by atoms with Gasteiger partial charge in [-0.1, -0.05) is 54.6 Å². The van der Waals surface area contributed by atoms with Crippen molar-refractivity contribution in [2.24, 2.45) is 0 Å². The molecule has 1 aliphatic rings. The zero-order chi connectivity index (χ0) is 18.8. The lowest BCUT2D eigenvalue weighted by atomic mass is 9.97. The van der Waals surface area contributed by atoms with Crippen molar-refractivity contribution >= 4 is 22.5 Å². The molecule has 0 fully saturated rings. The summed E-state index contributed by atoms with van der Waals surface area (Å²) < 4.78 is 0. The van der Waals surface area contributed by atoms with Crippen molar-refractivity contribution in [3.8, 4) is 0 Å². The number of fused-ring (bicyclic) bond motifs is 2. The van der Waals surface area contributed by atoms with Crippen molar-refractivity contribution in [2.45, 2.75) is 19.2 Å². The second-order valence-electron chi connectivity index (χ2n) is 6.69. The Labute approximate surface area is 157 Å². The Morgan fingerprint density at radius 3 is 2.70 bits per heavy atom. The van der Waals surface area contributed by atoms with Crippen LogP contribution in [-0.2, 0) is 13.0 Å². The van der Waals surface area contributed by atoms with Crippen LogP contribution in [0.3, 0.4) is 0 Å². The molecule has 4 rings (SSSR count). The number of carbonyl (C=O) groups is 1. The Hall–Kier alpha value is -2.93. The molecule has 0 saturated carbocycles. The molecule has 0 radical (unpaired) electrons. The third-order valence-electron chi connectivity index (χ3n) is 5.00. The molecule has 6 heteroatoms. The van der Waals surface area contributed by atoms with E-state index < -0.39 is 6.23 Å². The number of benzene rings is 3. The number of nitrogens with zero attached hydrogens (tertiary/aromatic N) is 1. The molecular formula is C21H21N3O3. The molecular weight excluding hydrogens is 342 g/mol. The first kappa shape index (κ1) is 17.5. The first-order chi connectivity index (χ1) is 13.2. The third-order valence-corrected chi connectivity index (χ3v) is 5.00. The number of urea groups is 1. The van der Waals surface area contributed by atoms with Crippen LogP contribution in [0.1, 0.15) is 22.9 Å². The number of hydrogen-bond donors (Lipinski definition) is 4. The first-order valence-electron chi connectivity index (χ1n) is 8.89. The number of hydroxylamine groups is 1. The summed E-state index contributed by atoms with van der Waals surface area (Å²) in [5, 5.41) is 23.7. The van der Waals surface area contributed by atoms with Gasteiger partial charge in [-0.05, 0) is 34.6 Å². The molecule has 27 heavy (non-hydrogen) atoms. The third kappa shape index (κ3) is 3.50. The smallest absolute Gasteiger partial charge is 0.322 e. The molecule has 1 aliphatic heterocycles. The number of hydrogen-bond acceptors (Lipinski definition) is 4. The van der Waals surface area contributed by atoms with Gasteiger partial charge in [0.1, 0.15) is 0 Å². The Morgan fingerprint density at radius 2 is 1.85 bits per heavy atom. The Morgan fingerprint density at radius 1 is 1.04 bits per heavy atom. The van der Waals surface area contributed by atoms with Crippen LogP contribution in [0.15, 0.2) is 60.7 Å². The van der Waals surface area contributed by atoms with E-state index in [2.05, 4.69) is 5.32 Å². The highest BCUT2D eigenvalue weighted by atomic mass is 16.5. The zero-order valence-electron chi connectivity index (χ0n) is 14.7. The van der Waals surface area contributed by atoms with E-state index in [0.29, 0.717) is 25.1 Å². The summed E-state index contributed by atoms with van der Waals surface area (Å²) in [6.45, 7) is 1.10. The van der Waals surface area contributed by atoms with Gasteiger partial charge in [0.2, 0.25) is 0 Å². The van der Waals surface area contributed by atoms with Gasteiger partial charge in [-0.3, -0.25) is 0 Å². The minimum absolute atomic E-state index is 0.127. The van der Waals surface area contributed by atoms with Gasteiger partial charge in [0.15, 0.2) is 6.23 Å². The van der Waals surface area contributed by atoms with Gasteiger partial charge in [-0.15, -0.1) is 0 Å². The molecule has 1 heterocycles. The van der Waals surface area contributed by atoms with Crippen molar-refractivity contribution in [2.75, 3.05) is 11.9 Å². The minimum Gasteiger partial charge on any atom is -0.372 e. The maximum Gasteiger partial charge on any atom is 0.322 e. The highest BCUT2D eigenvalue weighted by Gasteiger charge is 2.22. The lowest BCUT2D eigenvalue weighted by Crippen LogP contribution is -2.39. The van der Waals surface area contributed by atoms with E-state index in [1.54, 1.807) is 11.0 Å². The average molecular weight is 363 g/mol. The van der Waals surface area contributed by atoms with E-state index in [1.165, 1.54) is 0 Å². The van der Waals surface area contributed by atoms with E-state index in [9.17, 15) is 9.90 Å². The summed E-state index contributed by atoms with van der Waals surface area (Å²) >= 11 is 0. The molecule has 6 nitrogen and oxygen atoms in total. The van der Waals surface area contributed by atoms with Gasteiger partial charge in [0, 0.05) is 18.5 Å². The van der Waals surface area contributed by atoms with Crippen LogP contribution in [0, 0.1) is 0 Å². The number of aliphatic hydroxyl groups excluding tert-OH is 1. The second-order valence-corrected chi connectivity index (χ2v) is 6.69. The molecule has 3 aromatic rings. The van der Waals surface area contributed by atoms with Crippen molar-refractivity contribution in [1.82, 2.24) is 10.4 Å². The molecule has 0 saturated heterocycles. The van der Waals surface area contributed by atoms with E-state index in [1.807, 2.05) is 60.1 Å². The Balaban J connectivity index is 1.51. The number of nitrogens with one attached hydrogen (secondary N) is 2. The highest BCUT2D eigenvalue weighted by Crippen LogP contribution is 2.26. The molecule has 0 aliphatic carbocycles. The topological polar surface area (TPSA) is 84.8 Å². The fraction of sp³-hybridized carbons (Fsp3) is 0.190. The molecule has 0 spiro atoms. The fourth-order valence-electron chi connectivity index (χ4n) is 3.52. The van der Waals surface area contributed by atoms with Gasteiger partial charge in [-0.25, -0.2) is 4.79 Å². The highest BCUT2D eigenvalue weighted by molar-refractivity contribution is 6.01. The van der Waals surface area contributed by atoms with Gasteiger partial charge in [0.05, 0.1) is 5.69 Å². The summed E-state index contributed by atoms with van der Waals surface area (Å²) in [4.78, 5) is 14.6. The summed E-state index contributed by atoms with van der Waals surface area (Å²) in [5.74, 6) is 0. The number of anilines is 1. The van der Waals surface area contributed by atoms with Crippen LogP contribution in [-0.4, -0.2) is 27.8 Å². The second kappa shape index (κ2) is 7.36. The lowest BCUT2D eigenvalue weighted by molar-refractivity contribution is 0.000628. The summed E-state index contributed by atoms with van der Waals surface area (Å²) in [6, 6.07) is 19.2. The van der Waals surface area contributed by atoms with Gasteiger partial charge >= 0.3 is 6.03 Å². The summed E-state index contributed by atoms with van der Waals surface area (Å²) in [7, 11) is 0. The van der Waals surface area contributed by atoms with Crippen molar-refractivity contribution in [3.63, 3.8) is 0 Å². The quantitative estimate of drug-likeness (QED) is 0.424. The minimum atomic E-state index is -1.11. The monoisotopic (exact) mass is 363 g/mol. The van der Waals surface area contributed by atoms with Crippen LogP contribution in [0.25, 0.3) is 10.8 Å². The van der Waals surface area contributed by atoms with E-state index in [-0.39, 0.29) is 6.03 Å². The molecule has 0 aromatic heterocycles. The predicted octanol–water partition coefficient (Wildman–Crippen LogP) is 3.40. The number of aliphatic hydroxyl groups is 1. The molecule has 1 unspecified atom stereocenters. The maximum absolute atomic E-state index is 12.8. The molecule has 1 atom stereocenters. The lowest BCUT2D eigenvalue weighted by Gasteiger charge is -2.29. The van der Waals surface area contributed by atoms with Gasteiger partial charge in [-0.2, -0.15) is 5.48 Å². The van der Waals surface area contributed by atoms with Crippen LogP contribution < -0.4 is 10.8 Å².